The molecule has 0 spiro atoms. The summed E-state index contributed by atoms with van der Waals surface area (Å²) >= 11 is 0. The Morgan fingerprint density at radius 2 is 2.17 bits per heavy atom. The Labute approximate surface area is 137 Å². The van der Waals surface area contributed by atoms with E-state index >= 15 is 0 Å². The number of carbonyl (C=O) groups excluding carboxylic acids is 1. The van der Waals surface area contributed by atoms with Gasteiger partial charge in [-0.3, -0.25) is 4.79 Å². The number of esters is 1. The van der Waals surface area contributed by atoms with Crippen molar-refractivity contribution in [2.45, 2.75) is 19.3 Å². The molecule has 1 aliphatic carbocycles. The quantitative estimate of drug-likeness (QED) is 0.527. The van der Waals surface area contributed by atoms with Crippen molar-refractivity contribution >= 4 is 21.8 Å². The summed E-state index contributed by atoms with van der Waals surface area (Å²) < 4.78 is 31.4. The molecule has 0 aliphatic heterocycles. The average molecular weight is 341 g/mol. The Balaban J connectivity index is 1.74. The van der Waals surface area contributed by atoms with Gasteiger partial charge in [-0.1, -0.05) is 6.07 Å². The molecular weight excluding hydrogens is 318 g/mol. The maximum absolute atomic E-state index is 12.1. The van der Waals surface area contributed by atoms with Crippen LogP contribution in [-0.2, 0) is 19.6 Å². The summed E-state index contributed by atoms with van der Waals surface area (Å²) in [6, 6.07) is 5.65. The molecule has 1 aliphatic rings. The van der Waals surface area contributed by atoms with Crippen LogP contribution in [0.1, 0.15) is 19.3 Å². The highest BCUT2D eigenvalue weighted by atomic mass is 32.2. The molecule has 0 unspecified atom stereocenters. The van der Waals surface area contributed by atoms with Gasteiger partial charge >= 0.3 is 5.97 Å². The Bertz CT molecular complexity index is 629. The molecule has 0 saturated heterocycles. The third-order valence-electron chi connectivity index (χ3n) is 3.97. The van der Waals surface area contributed by atoms with E-state index in [1.165, 1.54) is 7.11 Å². The number of hydrogen-bond donors (Lipinski definition) is 1. The minimum Gasteiger partial charge on any atom is -0.469 e. The van der Waals surface area contributed by atoms with Gasteiger partial charge in [-0.05, 0) is 31.4 Å². The molecule has 23 heavy (non-hydrogen) atoms. The summed E-state index contributed by atoms with van der Waals surface area (Å²) in [6.45, 7) is 1.01. The Hall–Kier alpha value is -1.67. The van der Waals surface area contributed by atoms with E-state index in [-0.39, 0.29) is 5.75 Å². The number of aromatic nitrogens is 1. The molecule has 7 nitrogen and oxygen atoms in total. The van der Waals surface area contributed by atoms with E-state index in [1.807, 2.05) is 30.1 Å². The topological polar surface area (TPSA) is 88.6 Å². The second-order valence-electron chi connectivity index (χ2n) is 5.89. The van der Waals surface area contributed by atoms with Crippen molar-refractivity contribution in [3.05, 3.63) is 24.4 Å². The highest BCUT2D eigenvalue weighted by Crippen LogP contribution is 2.47. The number of nitrogens with zero attached hydrogens (tertiary/aromatic N) is 2. The van der Waals surface area contributed by atoms with Crippen molar-refractivity contribution in [1.29, 1.82) is 0 Å². The van der Waals surface area contributed by atoms with Crippen LogP contribution >= 0.6 is 0 Å². The van der Waals surface area contributed by atoms with Crippen LogP contribution in [0.4, 0.5) is 5.82 Å². The standard InChI is InChI=1S/C15H23N3O4S/c1-18(13-6-3-4-9-16-13)11-5-10-17-23(20,21)12-15(7-8-15)14(19)22-2/h3-4,6,9,17H,5,7-8,10-12H2,1-2H3. The van der Waals surface area contributed by atoms with Crippen LogP contribution in [0, 0.1) is 5.41 Å². The average Bonchev–Trinajstić information content (AvgIpc) is 3.31. The molecule has 1 heterocycles. The van der Waals surface area contributed by atoms with Gasteiger partial charge in [0, 0.05) is 26.3 Å². The first kappa shape index (κ1) is 17.7. The van der Waals surface area contributed by atoms with Crippen molar-refractivity contribution in [3.8, 4) is 0 Å². The predicted octanol–water partition coefficient (Wildman–Crippen LogP) is 0.781. The SMILES string of the molecule is COC(=O)C1(CS(=O)(=O)NCCCN(C)c2ccccn2)CC1. The zero-order valence-corrected chi connectivity index (χ0v) is 14.3. The largest absolute Gasteiger partial charge is 0.469 e. The lowest BCUT2D eigenvalue weighted by atomic mass is 10.1. The first-order chi connectivity index (χ1) is 10.9. The van der Waals surface area contributed by atoms with Crippen molar-refractivity contribution in [3.63, 3.8) is 0 Å². The van der Waals surface area contributed by atoms with Crippen LogP contribution in [0.2, 0.25) is 0 Å². The minimum absolute atomic E-state index is 0.192. The zero-order chi connectivity index (χ0) is 16.9. The van der Waals surface area contributed by atoms with Crippen molar-refractivity contribution in [2.75, 3.05) is 37.9 Å². The molecule has 2 rings (SSSR count). The van der Waals surface area contributed by atoms with Gasteiger partial charge in [0.25, 0.3) is 0 Å². The van der Waals surface area contributed by atoms with Crippen LogP contribution in [0.15, 0.2) is 24.4 Å². The Morgan fingerprint density at radius 1 is 1.43 bits per heavy atom. The van der Waals surface area contributed by atoms with Crippen LogP contribution in [0.3, 0.4) is 0 Å². The smallest absolute Gasteiger partial charge is 0.312 e. The van der Waals surface area contributed by atoms with Gasteiger partial charge < -0.3 is 9.64 Å². The monoisotopic (exact) mass is 341 g/mol. The maximum Gasteiger partial charge on any atom is 0.312 e. The van der Waals surface area contributed by atoms with Crippen LogP contribution in [0.5, 0.6) is 0 Å². The molecule has 0 aromatic carbocycles. The fraction of sp³-hybridized carbons (Fsp3) is 0.600. The van der Waals surface area contributed by atoms with E-state index in [0.29, 0.717) is 32.4 Å². The molecule has 0 radical (unpaired) electrons. The van der Waals surface area contributed by atoms with Crippen molar-refractivity contribution in [2.24, 2.45) is 5.41 Å². The van der Waals surface area contributed by atoms with E-state index in [1.54, 1.807) is 6.20 Å². The molecule has 0 atom stereocenters. The number of rotatable bonds is 9. The fourth-order valence-electron chi connectivity index (χ4n) is 2.43. The van der Waals surface area contributed by atoms with Crippen LogP contribution in [-0.4, -0.2) is 52.4 Å². The third kappa shape index (κ3) is 4.90. The summed E-state index contributed by atoms with van der Waals surface area (Å²) in [5.41, 5.74) is -0.828. The highest BCUT2D eigenvalue weighted by Gasteiger charge is 2.53. The summed E-state index contributed by atoms with van der Waals surface area (Å²) in [6.07, 6.45) is 3.51. The van der Waals surface area contributed by atoms with E-state index in [0.717, 1.165) is 5.82 Å². The summed E-state index contributed by atoms with van der Waals surface area (Å²) in [4.78, 5) is 17.8. The lowest BCUT2D eigenvalue weighted by Crippen LogP contribution is -2.36. The maximum atomic E-state index is 12.1. The molecule has 128 valence electrons. The van der Waals surface area contributed by atoms with E-state index in [9.17, 15) is 13.2 Å². The fourth-order valence-corrected chi connectivity index (χ4v) is 4.12. The number of hydrogen-bond acceptors (Lipinski definition) is 6. The number of pyridine rings is 1. The van der Waals surface area contributed by atoms with E-state index in [4.69, 9.17) is 0 Å². The minimum atomic E-state index is -3.48. The predicted molar refractivity (Wildman–Crippen MR) is 87.6 cm³/mol. The number of ether oxygens (including phenoxy) is 1. The molecule has 1 saturated carbocycles. The molecule has 0 amide bonds. The molecular formula is C15H23N3O4S. The van der Waals surface area contributed by atoms with Gasteiger partial charge in [0.2, 0.25) is 10.0 Å². The van der Waals surface area contributed by atoms with Crippen LogP contribution in [0.25, 0.3) is 0 Å². The summed E-state index contributed by atoms with van der Waals surface area (Å²) in [7, 11) is -0.282. The highest BCUT2D eigenvalue weighted by molar-refractivity contribution is 7.89. The number of anilines is 1. The second kappa shape index (κ2) is 7.27. The number of nitrogens with one attached hydrogen (secondary N) is 1. The Morgan fingerprint density at radius 3 is 2.74 bits per heavy atom. The lowest BCUT2D eigenvalue weighted by molar-refractivity contribution is -0.146. The van der Waals surface area contributed by atoms with Gasteiger partial charge in [-0.15, -0.1) is 0 Å². The third-order valence-corrected chi connectivity index (χ3v) is 5.55. The molecule has 0 bridgehead atoms. The van der Waals surface area contributed by atoms with Gasteiger partial charge in [-0.2, -0.15) is 0 Å². The van der Waals surface area contributed by atoms with E-state index < -0.39 is 21.4 Å². The molecule has 1 fully saturated rings. The first-order valence-electron chi connectivity index (χ1n) is 7.56. The number of sulfonamides is 1. The lowest BCUT2D eigenvalue weighted by Gasteiger charge is -2.18. The van der Waals surface area contributed by atoms with Crippen molar-refractivity contribution < 1.29 is 17.9 Å². The zero-order valence-electron chi connectivity index (χ0n) is 13.5. The van der Waals surface area contributed by atoms with Gasteiger partial charge in [-0.25, -0.2) is 18.1 Å². The van der Waals surface area contributed by atoms with Gasteiger partial charge in [0.15, 0.2) is 0 Å². The molecule has 1 aromatic heterocycles. The van der Waals surface area contributed by atoms with E-state index in [2.05, 4.69) is 14.4 Å². The van der Waals surface area contributed by atoms with Gasteiger partial charge in [0.1, 0.15) is 5.82 Å². The first-order valence-corrected chi connectivity index (χ1v) is 9.22. The molecule has 1 aromatic rings. The summed E-state index contributed by atoms with van der Waals surface area (Å²) in [5.74, 6) is 0.221. The van der Waals surface area contributed by atoms with Crippen molar-refractivity contribution in [1.82, 2.24) is 9.71 Å². The Kier molecular flexibility index (Phi) is 5.59. The summed E-state index contributed by atoms with van der Waals surface area (Å²) in [5, 5.41) is 0. The van der Waals surface area contributed by atoms with Crippen LogP contribution < -0.4 is 9.62 Å². The molecule has 8 heteroatoms. The number of methoxy groups -OCH3 is 1. The number of carbonyl (C=O) groups is 1. The molecule has 1 N–H and O–H groups in total. The second-order valence-corrected chi connectivity index (χ2v) is 7.70. The van der Waals surface area contributed by atoms with Gasteiger partial charge in [0.05, 0.1) is 18.3 Å². The normalized spacial score (nSPS) is 15.9.